The molecule has 9 rings (SSSR count). The maximum atomic E-state index is 7.16. The van der Waals surface area contributed by atoms with Crippen molar-refractivity contribution in [3.8, 4) is 11.5 Å². The summed E-state index contributed by atoms with van der Waals surface area (Å²) in [6.07, 6.45) is -1.08. The van der Waals surface area contributed by atoms with Crippen LogP contribution in [0.15, 0.2) is 82.8 Å². The lowest BCUT2D eigenvalue weighted by molar-refractivity contribution is 0.224. The van der Waals surface area contributed by atoms with Gasteiger partial charge in [0.1, 0.15) is 33.6 Å². The lowest BCUT2D eigenvalue weighted by Gasteiger charge is -2.42. The second-order valence-corrected chi connectivity index (χ2v) is 12.1. The van der Waals surface area contributed by atoms with Gasteiger partial charge < -0.3 is 18.6 Å². The molecule has 2 aliphatic heterocycles. The van der Waals surface area contributed by atoms with Gasteiger partial charge in [0.25, 0.3) is 0 Å². The molecule has 6 nitrogen and oxygen atoms in total. The molecule has 0 N–H and O–H groups in total. The Kier molecular flexibility index (Phi) is 5.13. The zero-order valence-corrected chi connectivity index (χ0v) is 24.5. The molecule has 4 aromatic carbocycles. The SMILES string of the molecule is CCn1c2ccccc2c2cc3c(cc21)OC1C(=N3)C(Cl)C2Oc3cc4c(cc3N=C2C1Cl)c1ccccc1n4CC. The number of ether oxygens (including phenoxy) is 2. The highest BCUT2D eigenvalue weighted by molar-refractivity contribution is 6.44. The van der Waals surface area contributed by atoms with Crippen molar-refractivity contribution in [2.75, 3.05) is 0 Å². The van der Waals surface area contributed by atoms with Crippen LogP contribution in [0.4, 0.5) is 11.4 Å². The summed E-state index contributed by atoms with van der Waals surface area (Å²) in [4.78, 5) is 10.1. The number of halogens is 2. The van der Waals surface area contributed by atoms with Crippen molar-refractivity contribution < 1.29 is 9.47 Å². The Hall–Kier alpha value is -4.00. The van der Waals surface area contributed by atoms with Gasteiger partial charge in [-0.15, -0.1) is 23.2 Å². The quantitative estimate of drug-likeness (QED) is 0.189. The van der Waals surface area contributed by atoms with E-state index in [9.17, 15) is 0 Å². The molecular formula is C34H26Cl2N4O2. The molecule has 0 bridgehead atoms. The first-order chi connectivity index (χ1) is 20.6. The van der Waals surface area contributed by atoms with E-state index < -0.39 is 23.0 Å². The summed E-state index contributed by atoms with van der Waals surface area (Å²) in [7, 11) is 0. The minimum Gasteiger partial charge on any atom is -0.480 e. The van der Waals surface area contributed by atoms with Gasteiger partial charge in [0.05, 0.1) is 22.5 Å². The van der Waals surface area contributed by atoms with E-state index in [1.807, 2.05) is 0 Å². The predicted octanol–water partition coefficient (Wildman–Crippen LogP) is 8.54. The highest BCUT2D eigenvalue weighted by Crippen LogP contribution is 2.47. The average molecular weight is 594 g/mol. The molecule has 4 atom stereocenters. The Morgan fingerprint density at radius 2 is 1.02 bits per heavy atom. The van der Waals surface area contributed by atoms with Gasteiger partial charge in [0, 0.05) is 57.8 Å². The van der Waals surface area contributed by atoms with Crippen LogP contribution in [0.1, 0.15) is 13.8 Å². The maximum Gasteiger partial charge on any atom is 0.160 e. The van der Waals surface area contributed by atoms with E-state index in [-0.39, 0.29) is 0 Å². The van der Waals surface area contributed by atoms with Gasteiger partial charge in [0.15, 0.2) is 12.2 Å². The summed E-state index contributed by atoms with van der Waals surface area (Å²) in [6.45, 7) is 6.01. The van der Waals surface area contributed by atoms with E-state index >= 15 is 0 Å². The Morgan fingerprint density at radius 1 is 0.595 bits per heavy atom. The molecule has 1 aliphatic carbocycles. The van der Waals surface area contributed by atoms with Gasteiger partial charge in [-0.1, -0.05) is 36.4 Å². The van der Waals surface area contributed by atoms with Gasteiger partial charge in [-0.05, 0) is 38.1 Å². The largest absolute Gasteiger partial charge is 0.480 e. The van der Waals surface area contributed by atoms with Crippen molar-refractivity contribution in [1.82, 2.24) is 9.13 Å². The van der Waals surface area contributed by atoms with Crippen molar-refractivity contribution in [3.63, 3.8) is 0 Å². The summed E-state index contributed by atoms with van der Waals surface area (Å²) in [5.41, 5.74) is 7.48. The second-order valence-electron chi connectivity index (χ2n) is 11.2. The molecule has 1 fully saturated rings. The van der Waals surface area contributed by atoms with Crippen LogP contribution in [-0.2, 0) is 13.1 Å². The van der Waals surface area contributed by atoms with Gasteiger partial charge in [-0.2, -0.15) is 0 Å². The first kappa shape index (κ1) is 24.6. The summed E-state index contributed by atoms with van der Waals surface area (Å²) in [6, 6.07) is 25.3. The monoisotopic (exact) mass is 592 g/mol. The number of nitrogens with zero attached hydrogens (tertiary/aromatic N) is 4. The molecule has 8 heteroatoms. The topological polar surface area (TPSA) is 53.0 Å². The molecule has 42 heavy (non-hydrogen) atoms. The lowest BCUT2D eigenvalue weighted by Crippen LogP contribution is -2.60. The molecule has 2 aromatic heterocycles. The minimum absolute atomic E-state index is 0.538. The molecule has 0 spiro atoms. The number of aromatic nitrogens is 2. The molecule has 4 heterocycles. The van der Waals surface area contributed by atoms with Crippen molar-refractivity contribution in [2.24, 2.45) is 9.98 Å². The number of para-hydroxylation sites is 2. The molecule has 0 saturated heterocycles. The number of hydrogen-bond acceptors (Lipinski definition) is 4. The Bertz CT molecular complexity index is 2040. The predicted molar refractivity (Wildman–Crippen MR) is 173 cm³/mol. The highest BCUT2D eigenvalue weighted by atomic mass is 35.5. The summed E-state index contributed by atoms with van der Waals surface area (Å²) < 4.78 is 17.8. The molecule has 1 saturated carbocycles. The zero-order chi connectivity index (χ0) is 28.3. The number of benzene rings is 4. The fourth-order valence-corrected chi connectivity index (χ4v) is 7.84. The van der Waals surface area contributed by atoms with Crippen LogP contribution in [0.5, 0.6) is 11.5 Å². The molecule has 6 aromatic rings. The number of rotatable bonds is 2. The van der Waals surface area contributed by atoms with E-state index in [0.29, 0.717) is 22.9 Å². The Balaban J connectivity index is 1.18. The van der Waals surface area contributed by atoms with E-state index in [1.54, 1.807) is 0 Å². The standard InChI is InChI=1S/C34H26Cl2N4O2/c1-3-39-23-11-7-5-9-17(23)19-13-21-27(15-25(19)39)41-33-29(35)32-34(30(36)31(33)37-21)42-28-16-26-20(14-22(28)38-32)18-10-6-8-12-24(18)40(26)4-2/h5-16,29-30,33-34H,3-4H2,1-2H3. The number of aryl methyl sites for hydroxylation is 2. The van der Waals surface area contributed by atoms with Crippen LogP contribution >= 0.6 is 23.2 Å². The van der Waals surface area contributed by atoms with Crippen LogP contribution in [-0.4, -0.2) is 43.5 Å². The van der Waals surface area contributed by atoms with Crippen LogP contribution in [0.3, 0.4) is 0 Å². The molecule has 0 amide bonds. The van der Waals surface area contributed by atoms with Gasteiger partial charge in [-0.3, -0.25) is 0 Å². The third kappa shape index (κ3) is 3.17. The van der Waals surface area contributed by atoms with Gasteiger partial charge >= 0.3 is 0 Å². The average Bonchev–Trinajstić information content (AvgIpc) is 3.50. The lowest BCUT2D eigenvalue weighted by atomic mass is 9.87. The van der Waals surface area contributed by atoms with Crippen LogP contribution in [0.25, 0.3) is 43.6 Å². The molecule has 4 unspecified atom stereocenters. The van der Waals surface area contributed by atoms with Crippen molar-refractivity contribution in [1.29, 1.82) is 0 Å². The number of aliphatic imine (C=N–C) groups is 2. The van der Waals surface area contributed by atoms with Gasteiger partial charge in [0.2, 0.25) is 0 Å². The first-order valence-electron chi connectivity index (χ1n) is 14.4. The highest BCUT2D eigenvalue weighted by Gasteiger charge is 2.51. The second kappa shape index (κ2) is 8.76. The number of alkyl halides is 2. The minimum atomic E-state index is -0.578. The van der Waals surface area contributed by atoms with E-state index in [4.69, 9.17) is 42.7 Å². The number of hydrogen-bond donors (Lipinski definition) is 0. The number of fused-ring (bicyclic) bond motifs is 10. The van der Waals surface area contributed by atoms with Crippen LogP contribution in [0.2, 0.25) is 0 Å². The van der Waals surface area contributed by atoms with Crippen molar-refractivity contribution in [3.05, 3.63) is 72.8 Å². The van der Waals surface area contributed by atoms with Crippen molar-refractivity contribution in [2.45, 2.75) is 49.9 Å². The fourth-order valence-electron chi connectivity index (χ4n) is 7.14. The molecule has 3 aliphatic rings. The van der Waals surface area contributed by atoms with Gasteiger partial charge in [-0.25, -0.2) is 9.98 Å². The van der Waals surface area contributed by atoms with E-state index in [2.05, 4.69) is 95.8 Å². The van der Waals surface area contributed by atoms with Crippen LogP contribution < -0.4 is 9.47 Å². The maximum absolute atomic E-state index is 7.16. The smallest absolute Gasteiger partial charge is 0.160 e. The summed E-state index contributed by atoms with van der Waals surface area (Å²) in [5, 5.41) is 3.51. The molecular weight excluding hydrogens is 567 g/mol. The Labute approximate surface area is 251 Å². The molecule has 0 radical (unpaired) electrons. The van der Waals surface area contributed by atoms with Crippen molar-refractivity contribution >= 4 is 89.6 Å². The molecule has 208 valence electrons. The zero-order valence-electron chi connectivity index (χ0n) is 23.0. The third-order valence-corrected chi connectivity index (χ3v) is 9.93. The van der Waals surface area contributed by atoms with E-state index in [1.165, 1.54) is 21.8 Å². The fraction of sp³-hybridized carbons (Fsp3) is 0.235. The summed E-state index contributed by atoms with van der Waals surface area (Å²) in [5.74, 6) is 1.40. The third-order valence-electron chi connectivity index (χ3n) is 9.03. The summed E-state index contributed by atoms with van der Waals surface area (Å²) >= 11 is 14.3. The van der Waals surface area contributed by atoms with E-state index in [0.717, 1.165) is 46.3 Å². The first-order valence-corrected chi connectivity index (χ1v) is 15.3. The Morgan fingerprint density at radius 3 is 1.45 bits per heavy atom. The normalized spacial score (nSPS) is 22.7. The van der Waals surface area contributed by atoms with Crippen LogP contribution in [0, 0.1) is 0 Å².